The number of benzene rings is 1. The van der Waals surface area contributed by atoms with Crippen LogP contribution in [0, 0.1) is 29.1 Å². The summed E-state index contributed by atoms with van der Waals surface area (Å²) in [4.78, 5) is 25.4. The maximum absolute atomic E-state index is 12.7. The van der Waals surface area contributed by atoms with Crippen LogP contribution >= 0.6 is 0 Å². The second-order valence-corrected chi connectivity index (χ2v) is 6.54. The third kappa shape index (κ3) is 4.85. The van der Waals surface area contributed by atoms with E-state index in [-0.39, 0.29) is 19.6 Å². The molecule has 0 spiro atoms. The summed E-state index contributed by atoms with van der Waals surface area (Å²) >= 11 is 0. The Bertz CT molecular complexity index is 635. The fourth-order valence-electron chi connectivity index (χ4n) is 2.95. The molecule has 0 aromatic heterocycles. The van der Waals surface area contributed by atoms with Crippen LogP contribution < -0.4 is 0 Å². The molecule has 1 aromatic carbocycles. The molecule has 0 heterocycles. The van der Waals surface area contributed by atoms with Gasteiger partial charge in [-0.3, -0.25) is 9.59 Å². The van der Waals surface area contributed by atoms with Crippen molar-refractivity contribution in [3.8, 4) is 11.8 Å². The number of ether oxygens (including phenoxy) is 2. The first kappa shape index (κ1) is 19.1. The van der Waals surface area contributed by atoms with E-state index < -0.39 is 17.4 Å². The topological polar surface area (TPSA) is 52.6 Å². The quantitative estimate of drug-likeness (QED) is 0.432. The summed E-state index contributed by atoms with van der Waals surface area (Å²) in [5, 5.41) is 0. The second kappa shape index (κ2) is 8.71. The van der Waals surface area contributed by atoms with Gasteiger partial charge < -0.3 is 9.47 Å². The molecule has 1 fully saturated rings. The number of carbonyl (C=O) groups excluding carboxylic acids is 2. The van der Waals surface area contributed by atoms with E-state index in [2.05, 4.69) is 18.8 Å². The number of esters is 2. The largest absolute Gasteiger partial charge is 0.465 e. The summed E-state index contributed by atoms with van der Waals surface area (Å²) in [6.07, 6.45) is 1.57. The minimum atomic E-state index is -1.33. The van der Waals surface area contributed by atoms with E-state index in [9.17, 15) is 9.59 Å². The molecule has 2 atom stereocenters. The predicted molar refractivity (Wildman–Crippen MR) is 95.5 cm³/mol. The standard InChI is InChI=1S/C21H26O4/c1-4-24-19(22)21(20(23)25-5-2,15-18-14-16(18)3)13-9-12-17-10-7-6-8-11-17/h6-8,10-11,16,18H,4-5,13-15H2,1-3H3/t16-,18+/m0/s1. The van der Waals surface area contributed by atoms with Gasteiger partial charge in [0.25, 0.3) is 0 Å². The van der Waals surface area contributed by atoms with Crippen LogP contribution in [0.25, 0.3) is 0 Å². The first-order valence-corrected chi connectivity index (χ1v) is 8.91. The van der Waals surface area contributed by atoms with E-state index in [1.807, 2.05) is 30.3 Å². The maximum Gasteiger partial charge on any atom is 0.324 e. The van der Waals surface area contributed by atoms with Crippen LogP contribution in [0.4, 0.5) is 0 Å². The average molecular weight is 342 g/mol. The summed E-state index contributed by atoms with van der Waals surface area (Å²) in [7, 11) is 0. The van der Waals surface area contributed by atoms with E-state index in [0.717, 1.165) is 12.0 Å². The monoisotopic (exact) mass is 342 g/mol. The van der Waals surface area contributed by atoms with Crippen molar-refractivity contribution in [2.24, 2.45) is 17.3 Å². The van der Waals surface area contributed by atoms with Gasteiger partial charge in [0.1, 0.15) is 0 Å². The molecular weight excluding hydrogens is 316 g/mol. The lowest BCUT2D eigenvalue weighted by Gasteiger charge is -2.27. The smallest absolute Gasteiger partial charge is 0.324 e. The van der Waals surface area contributed by atoms with Crippen molar-refractivity contribution in [1.29, 1.82) is 0 Å². The van der Waals surface area contributed by atoms with Gasteiger partial charge in [-0.2, -0.15) is 0 Å². The Morgan fingerprint density at radius 2 is 1.68 bits per heavy atom. The first-order valence-electron chi connectivity index (χ1n) is 8.91. The fourth-order valence-corrected chi connectivity index (χ4v) is 2.95. The van der Waals surface area contributed by atoms with Gasteiger partial charge in [-0.1, -0.05) is 37.0 Å². The number of hydrogen-bond donors (Lipinski definition) is 0. The number of rotatable bonds is 7. The van der Waals surface area contributed by atoms with E-state index in [1.54, 1.807) is 13.8 Å². The number of carbonyl (C=O) groups is 2. The number of hydrogen-bond acceptors (Lipinski definition) is 4. The van der Waals surface area contributed by atoms with Crippen LogP contribution in [0.1, 0.15) is 45.6 Å². The molecule has 0 saturated heterocycles. The molecule has 1 saturated carbocycles. The molecule has 1 aliphatic carbocycles. The summed E-state index contributed by atoms with van der Waals surface area (Å²) < 4.78 is 10.5. The van der Waals surface area contributed by atoms with Crippen LogP contribution in [0.2, 0.25) is 0 Å². The molecule has 0 amide bonds. The zero-order valence-electron chi connectivity index (χ0n) is 15.2. The van der Waals surface area contributed by atoms with Gasteiger partial charge in [0, 0.05) is 12.0 Å². The average Bonchev–Trinajstić information content (AvgIpc) is 3.29. The molecule has 0 radical (unpaired) electrons. The van der Waals surface area contributed by atoms with Gasteiger partial charge in [0.15, 0.2) is 5.41 Å². The van der Waals surface area contributed by atoms with Gasteiger partial charge in [-0.25, -0.2) is 0 Å². The summed E-state index contributed by atoms with van der Waals surface area (Å²) in [6, 6.07) is 9.51. The Hall–Kier alpha value is -2.28. The van der Waals surface area contributed by atoms with Gasteiger partial charge in [-0.15, -0.1) is 0 Å². The molecule has 4 nitrogen and oxygen atoms in total. The van der Waals surface area contributed by atoms with Crippen LogP contribution in [0.15, 0.2) is 30.3 Å². The summed E-state index contributed by atoms with van der Waals surface area (Å²) in [5.41, 5.74) is -0.479. The van der Waals surface area contributed by atoms with Crippen molar-refractivity contribution in [2.75, 3.05) is 13.2 Å². The Balaban J connectivity index is 2.28. The van der Waals surface area contributed by atoms with Crippen LogP contribution in [0.3, 0.4) is 0 Å². The van der Waals surface area contributed by atoms with Crippen molar-refractivity contribution >= 4 is 11.9 Å². The Labute approximate surface area is 149 Å². The van der Waals surface area contributed by atoms with E-state index in [1.165, 1.54) is 0 Å². The van der Waals surface area contributed by atoms with Crippen molar-refractivity contribution in [3.05, 3.63) is 35.9 Å². The molecule has 1 aromatic rings. The molecular formula is C21H26O4. The Morgan fingerprint density at radius 3 is 2.16 bits per heavy atom. The van der Waals surface area contributed by atoms with Crippen molar-refractivity contribution < 1.29 is 19.1 Å². The van der Waals surface area contributed by atoms with Gasteiger partial charge in [0.2, 0.25) is 0 Å². The highest BCUT2D eigenvalue weighted by atomic mass is 16.6. The molecule has 0 aliphatic heterocycles. The minimum absolute atomic E-state index is 0.114. The van der Waals surface area contributed by atoms with Crippen LogP contribution in [0.5, 0.6) is 0 Å². The zero-order chi connectivity index (χ0) is 18.3. The molecule has 4 heteroatoms. The SMILES string of the molecule is CCOC(=O)C(CC#Cc1ccccc1)(C[C@H]1C[C@@H]1C)C(=O)OCC. The van der Waals surface area contributed by atoms with Gasteiger partial charge in [0.05, 0.1) is 13.2 Å². The summed E-state index contributed by atoms with van der Waals surface area (Å²) in [6.45, 7) is 6.06. The lowest BCUT2D eigenvalue weighted by molar-refractivity contribution is -0.172. The third-order valence-electron chi connectivity index (χ3n) is 4.62. The zero-order valence-corrected chi connectivity index (χ0v) is 15.2. The van der Waals surface area contributed by atoms with Crippen molar-refractivity contribution in [1.82, 2.24) is 0 Å². The summed E-state index contributed by atoms with van der Waals surface area (Å²) in [5.74, 6) is 5.87. The lowest BCUT2D eigenvalue weighted by Crippen LogP contribution is -2.42. The Kier molecular flexibility index (Phi) is 6.64. The van der Waals surface area contributed by atoms with E-state index in [0.29, 0.717) is 18.3 Å². The minimum Gasteiger partial charge on any atom is -0.465 e. The van der Waals surface area contributed by atoms with E-state index >= 15 is 0 Å². The van der Waals surface area contributed by atoms with Gasteiger partial charge >= 0.3 is 11.9 Å². The van der Waals surface area contributed by atoms with Crippen molar-refractivity contribution in [2.45, 2.75) is 40.0 Å². The highest BCUT2D eigenvalue weighted by Gasteiger charge is 2.53. The third-order valence-corrected chi connectivity index (χ3v) is 4.62. The molecule has 134 valence electrons. The molecule has 1 aliphatic rings. The normalized spacial score (nSPS) is 18.7. The highest BCUT2D eigenvalue weighted by Crippen LogP contribution is 2.48. The van der Waals surface area contributed by atoms with Crippen molar-refractivity contribution in [3.63, 3.8) is 0 Å². The Morgan fingerprint density at radius 1 is 1.12 bits per heavy atom. The fraction of sp³-hybridized carbons (Fsp3) is 0.524. The first-order chi connectivity index (χ1) is 12.0. The van der Waals surface area contributed by atoms with Gasteiger partial charge in [-0.05, 0) is 50.7 Å². The molecule has 2 rings (SSSR count). The molecule has 0 bridgehead atoms. The van der Waals surface area contributed by atoms with E-state index in [4.69, 9.17) is 9.47 Å². The highest BCUT2D eigenvalue weighted by molar-refractivity contribution is 6.00. The molecule has 25 heavy (non-hydrogen) atoms. The maximum atomic E-state index is 12.7. The lowest BCUT2D eigenvalue weighted by atomic mass is 9.79. The molecule has 0 N–H and O–H groups in total. The van der Waals surface area contributed by atoms with Crippen LogP contribution in [-0.2, 0) is 19.1 Å². The predicted octanol–water partition coefficient (Wildman–Crippen LogP) is 3.59. The van der Waals surface area contributed by atoms with Crippen LogP contribution in [-0.4, -0.2) is 25.2 Å². The molecule has 0 unspecified atom stereocenters. The second-order valence-electron chi connectivity index (χ2n) is 6.54.